The van der Waals surface area contributed by atoms with Gasteiger partial charge in [0.05, 0.1) is 0 Å². The molecule has 4 heterocycles. The Kier molecular flexibility index (Phi) is 4.76. The summed E-state index contributed by atoms with van der Waals surface area (Å²) in [6.07, 6.45) is 4.86. The van der Waals surface area contributed by atoms with E-state index in [4.69, 9.17) is 5.73 Å². The summed E-state index contributed by atoms with van der Waals surface area (Å²) in [4.78, 5) is 38.2. The van der Waals surface area contributed by atoms with Crippen molar-refractivity contribution >= 4 is 38.6 Å². The van der Waals surface area contributed by atoms with Crippen LogP contribution in [0, 0.1) is 11.8 Å². The van der Waals surface area contributed by atoms with Gasteiger partial charge in [0.15, 0.2) is 5.13 Å². The van der Waals surface area contributed by atoms with Crippen molar-refractivity contribution in [1.82, 2.24) is 14.9 Å². The molecule has 0 spiro atoms. The van der Waals surface area contributed by atoms with Gasteiger partial charge in [0.25, 0.3) is 0 Å². The van der Waals surface area contributed by atoms with Crippen molar-refractivity contribution in [2.24, 2.45) is 17.6 Å². The third-order valence-corrected chi connectivity index (χ3v) is 6.52. The molecule has 4 rings (SSSR count). The van der Waals surface area contributed by atoms with Gasteiger partial charge < -0.3 is 15.5 Å². The molecule has 0 saturated carbocycles. The topological polar surface area (TPSA) is 92.4 Å². The highest BCUT2D eigenvalue weighted by Crippen LogP contribution is 2.31. The number of carbonyl (C=O) groups excluding carboxylic acids is 2. The molecule has 7 nitrogen and oxygen atoms in total. The molecular formula is C18H23N5O2S. The molecule has 2 aliphatic heterocycles. The normalized spacial score (nSPS) is 19.8. The molecule has 2 aromatic rings. The summed E-state index contributed by atoms with van der Waals surface area (Å²) in [5, 5.41) is 0.992. The van der Waals surface area contributed by atoms with Gasteiger partial charge in [-0.1, -0.05) is 11.3 Å². The van der Waals surface area contributed by atoms with Gasteiger partial charge in [-0.2, -0.15) is 0 Å². The minimum absolute atomic E-state index is 0.0730. The van der Waals surface area contributed by atoms with Crippen molar-refractivity contribution < 1.29 is 9.59 Å². The number of likely N-dealkylation sites (tertiary alicyclic amines) is 1. The van der Waals surface area contributed by atoms with Crippen molar-refractivity contribution in [2.45, 2.75) is 25.7 Å². The number of hydrogen-bond donors (Lipinski definition) is 1. The minimum atomic E-state index is -0.240. The van der Waals surface area contributed by atoms with Crippen LogP contribution >= 0.6 is 11.3 Å². The van der Waals surface area contributed by atoms with E-state index in [-0.39, 0.29) is 23.7 Å². The third kappa shape index (κ3) is 3.38. The Hall–Kier alpha value is -2.22. The lowest BCUT2D eigenvalue weighted by molar-refractivity contribution is -0.139. The van der Waals surface area contributed by atoms with Crippen LogP contribution in [0.3, 0.4) is 0 Å². The van der Waals surface area contributed by atoms with Crippen LogP contribution in [0.2, 0.25) is 0 Å². The van der Waals surface area contributed by atoms with Crippen LogP contribution in [0.1, 0.15) is 25.7 Å². The number of primary amides is 1. The first-order valence-corrected chi connectivity index (χ1v) is 9.98. The lowest BCUT2D eigenvalue weighted by Crippen LogP contribution is -2.46. The van der Waals surface area contributed by atoms with Crippen molar-refractivity contribution in [2.75, 3.05) is 31.1 Å². The second kappa shape index (κ2) is 7.19. The van der Waals surface area contributed by atoms with Gasteiger partial charge in [-0.3, -0.25) is 9.59 Å². The molecule has 2 fully saturated rings. The van der Waals surface area contributed by atoms with Gasteiger partial charge in [-0.15, -0.1) is 0 Å². The second-order valence-corrected chi connectivity index (χ2v) is 8.04. The second-order valence-electron chi connectivity index (χ2n) is 7.09. The summed E-state index contributed by atoms with van der Waals surface area (Å²) in [5.41, 5.74) is 6.31. The molecule has 2 N–H and O–H groups in total. The number of nitrogens with two attached hydrogens (primary N) is 1. The van der Waals surface area contributed by atoms with Crippen LogP contribution in [-0.4, -0.2) is 52.9 Å². The molecule has 0 unspecified atom stereocenters. The molecule has 0 bridgehead atoms. The maximum atomic E-state index is 12.8. The Labute approximate surface area is 156 Å². The molecule has 2 amide bonds. The average molecular weight is 373 g/mol. The quantitative estimate of drug-likeness (QED) is 0.883. The van der Waals surface area contributed by atoms with Crippen LogP contribution in [0.25, 0.3) is 10.3 Å². The number of rotatable bonds is 3. The minimum Gasteiger partial charge on any atom is -0.369 e. The first kappa shape index (κ1) is 17.2. The average Bonchev–Trinajstić information content (AvgIpc) is 3.12. The van der Waals surface area contributed by atoms with Crippen molar-refractivity contribution in [3.63, 3.8) is 0 Å². The molecule has 2 aromatic heterocycles. The fourth-order valence-corrected chi connectivity index (χ4v) is 4.81. The largest absolute Gasteiger partial charge is 0.369 e. The van der Waals surface area contributed by atoms with E-state index in [2.05, 4.69) is 14.9 Å². The fraction of sp³-hybridized carbons (Fsp3) is 0.556. The standard InChI is InChI=1S/C18H23N5O2S/c19-15(24)12-3-8-22(9-4-12)17(25)13-5-10-23(11-6-13)18-21-14-2-1-7-20-16(14)26-18/h1-2,7,12-13H,3-6,8-11H2,(H2,19,24). The number of nitrogens with zero attached hydrogens (tertiary/aromatic N) is 4. The number of amides is 2. The zero-order valence-electron chi connectivity index (χ0n) is 14.6. The van der Waals surface area contributed by atoms with Gasteiger partial charge in [-0.05, 0) is 37.8 Å². The molecule has 0 aromatic carbocycles. The molecule has 2 saturated heterocycles. The van der Waals surface area contributed by atoms with Crippen LogP contribution in [0.4, 0.5) is 5.13 Å². The van der Waals surface area contributed by atoms with Crippen LogP contribution < -0.4 is 10.6 Å². The van der Waals surface area contributed by atoms with Gasteiger partial charge in [0.1, 0.15) is 10.3 Å². The van der Waals surface area contributed by atoms with E-state index < -0.39 is 0 Å². The summed E-state index contributed by atoms with van der Waals surface area (Å²) in [6.45, 7) is 2.98. The summed E-state index contributed by atoms with van der Waals surface area (Å²) >= 11 is 1.61. The highest BCUT2D eigenvalue weighted by molar-refractivity contribution is 7.21. The van der Waals surface area contributed by atoms with Crippen molar-refractivity contribution in [1.29, 1.82) is 0 Å². The molecule has 0 radical (unpaired) electrons. The number of thiazole rings is 1. The van der Waals surface area contributed by atoms with E-state index in [9.17, 15) is 9.59 Å². The summed E-state index contributed by atoms with van der Waals surface area (Å²) < 4.78 is 0. The number of fused-ring (bicyclic) bond motifs is 1. The van der Waals surface area contributed by atoms with Crippen LogP contribution in [0.5, 0.6) is 0 Å². The van der Waals surface area contributed by atoms with Gasteiger partial charge in [0, 0.05) is 44.2 Å². The van der Waals surface area contributed by atoms with E-state index in [1.54, 1.807) is 17.5 Å². The van der Waals surface area contributed by atoms with Gasteiger partial charge >= 0.3 is 0 Å². The SMILES string of the molecule is NC(=O)C1CCN(C(=O)C2CCN(c3nc4cccnc4s3)CC2)CC1. The van der Waals surface area contributed by atoms with Gasteiger partial charge in [-0.25, -0.2) is 9.97 Å². The van der Waals surface area contributed by atoms with Crippen molar-refractivity contribution in [3.05, 3.63) is 18.3 Å². The van der Waals surface area contributed by atoms with E-state index in [0.717, 1.165) is 41.4 Å². The zero-order chi connectivity index (χ0) is 18.1. The Morgan fingerprint density at radius 2 is 1.77 bits per heavy atom. The summed E-state index contributed by atoms with van der Waals surface area (Å²) in [6, 6.07) is 3.88. The molecular weight excluding hydrogens is 350 g/mol. The smallest absolute Gasteiger partial charge is 0.225 e. The molecule has 0 aliphatic carbocycles. The van der Waals surface area contributed by atoms with E-state index in [1.807, 2.05) is 17.0 Å². The number of aromatic nitrogens is 2. The predicted molar refractivity (Wildman–Crippen MR) is 101 cm³/mol. The lowest BCUT2D eigenvalue weighted by atomic mass is 9.92. The number of anilines is 1. The number of pyridine rings is 1. The Balaban J connectivity index is 1.33. The van der Waals surface area contributed by atoms with Gasteiger partial charge in [0.2, 0.25) is 11.8 Å². The van der Waals surface area contributed by atoms with E-state index in [0.29, 0.717) is 25.9 Å². The predicted octanol–water partition coefficient (Wildman–Crippen LogP) is 1.63. The molecule has 8 heteroatoms. The summed E-state index contributed by atoms with van der Waals surface area (Å²) in [5.74, 6) is -0.00769. The highest BCUT2D eigenvalue weighted by atomic mass is 32.1. The number of carbonyl (C=O) groups is 2. The van der Waals surface area contributed by atoms with Crippen molar-refractivity contribution in [3.8, 4) is 0 Å². The molecule has 138 valence electrons. The zero-order valence-corrected chi connectivity index (χ0v) is 15.5. The Morgan fingerprint density at radius 3 is 2.42 bits per heavy atom. The van der Waals surface area contributed by atoms with E-state index >= 15 is 0 Å². The van der Waals surface area contributed by atoms with Crippen LogP contribution in [-0.2, 0) is 9.59 Å². The molecule has 2 aliphatic rings. The lowest BCUT2D eigenvalue weighted by Gasteiger charge is -2.36. The third-order valence-electron chi connectivity index (χ3n) is 5.48. The number of hydrogen-bond acceptors (Lipinski definition) is 6. The van der Waals surface area contributed by atoms with Crippen LogP contribution in [0.15, 0.2) is 18.3 Å². The first-order chi connectivity index (χ1) is 12.6. The number of piperidine rings is 2. The highest BCUT2D eigenvalue weighted by Gasteiger charge is 2.32. The Bertz CT molecular complexity index is 774. The summed E-state index contributed by atoms with van der Waals surface area (Å²) in [7, 11) is 0. The fourth-order valence-electron chi connectivity index (χ4n) is 3.85. The molecule has 0 atom stereocenters. The molecule has 26 heavy (non-hydrogen) atoms. The maximum absolute atomic E-state index is 12.8. The maximum Gasteiger partial charge on any atom is 0.225 e. The van der Waals surface area contributed by atoms with E-state index in [1.165, 1.54) is 0 Å². The first-order valence-electron chi connectivity index (χ1n) is 9.16. The monoisotopic (exact) mass is 373 g/mol. The Morgan fingerprint density at radius 1 is 1.08 bits per heavy atom.